The molecule has 2 amide bonds. The monoisotopic (exact) mass is 446 g/mol. The Morgan fingerprint density at radius 2 is 1.53 bits per heavy atom. The summed E-state index contributed by atoms with van der Waals surface area (Å²) < 4.78 is 10.6. The zero-order chi connectivity index (χ0) is 24.7. The third-order valence-electron chi connectivity index (χ3n) is 5.03. The van der Waals surface area contributed by atoms with Gasteiger partial charge in [-0.2, -0.15) is 10.5 Å². The van der Waals surface area contributed by atoms with Gasteiger partial charge in [-0.25, -0.2) is 9.59 Å². The summed E-state index contributed by atoms with van der Waals surface area (Å²) in [7, 11) is 0. The fraction of sp³-hybridized carbons (Fsp3) is 0.750. The molecule has 0 saturated carbocycles. The Hall–Kier alpha value is -2.74. The molecular weight excluding hydrogens is 408 g/mol. The van der Waals surface area contributed by atoms with Crippen molar-refractivity contribution in [1.82, 2.24) is 9.80 Å². The topological polar surface area (TPSA) is 107 Å². The lowest BCUT2D eigenvalue weighted by Gasteiger charge is -2.26. The van der Waals surface area contributed by atoms with E-state index >= 15 is 0 Å². The van der Waals surface area contributed by atoms with Crippen LogP contribution in [0.15, 0.2) is 11.6 Å². The normalized spacial score (nSPS) is 24.3. The second-order valence-electron chi connectivity index (χ2n) is 10.5. The van der Waals surface area contributed by atoms with Crippen molar-refractivity contribution >= 4 is 12.2 Å². The van der Waals surface area contributed by atoms with Crippen LogP contribution in [-0.2, 0) is 9.47 Å². The Kier molecular flexibility index (Phi) is 9.57. The van der Waals surface area contributed by atoms with E-state index in [-0.39, 0.29) is 24.3 Å². The number of carbonyl (C=O) groups is 2. The lowest BCUT2D eigenvalue weighted by Crippen LogP contribution is -2.38. The number of hydrogen-bond donors (Lipinski definition) is 0. The molecule has 178 valence electrons. The first-order valence-electron chi connectivity index (χ1n) is 11.1. The molecule has 2 fully saturated rings. The second-order valence-corrected chi connectivity index (χ2v) is 10.5. The van der Waals surface area contributed by atoms with Crippen LogP contribution in [0.4, 0.5) is 9.59 Å². The molecule has 0 N–H and O–H groups in total. The molecule has 32 heavy (non-hydrogen) atoms. The number of likely N-dealkylation sites (tertiary alicyclic amines) is 2. The summed E-state index contributed by atoms with van der Waals surface area (Å²) in [6.45, 7) is 16.2. The highest BCUT2D eigenvalue weighted by Gasteiger charge is 2.35. The molecule has 1 unspecified atom stereocenters. The smallest absolute Gasteiger partial charge is 0.410 e. The van der Waals surface area contributed by atoms with E-state index < -0.39 is 11.2 Å². The molecular formula is C24H38N4O4. The summed E-state index contributed by atoms with van der Waals surface area (Å²) in [6.07, 6.45) is 3.12. The highest BCUT2D eigenvalue weighted by molar-refractivity contribution is 5.70. The maximum absolute atomic E-state index is 11.8. The quantitative estimate of drug-likeness (QED) is 0.524. The predicted molar refractivity (Wildman–Crippen MR) is 121 cm³/mol. The summed E-state index contributed by atoms with van der Waals surface area (Å²) in [5.41, 5.74) is 0.0589. The number of allylic oxidation sites excluding steroid dienone is 1. The van der Waals surface area contributed by atoms with Gasteiger partial charge in [0.2, 0.25) is 0 Å². The largest absolute Gasteiger partial charge is 0.444 e. The molecule has 0 radical (unpaired) electrons. The van der Waals surface area contributed by atoms with E-state index in [9.17, 15) is 9.59 Å². The van der Waals surface area contributed by atoms with Crippen LogP contribution < -0.4 is 0 Å². The van der Waals surface area contributed by atoms with Crippen molar-refractivity contribution in [2.75, 3.05) is 13.1 Å². The third kappa shape index (κ3) is 9.18. The number of rotatable bonds is 1. The Bertz CT molecular complexity index is 780. The molecule has 0 aromatic heterocycles. The van der Waals surface area contributed by atoms with Crippen molar-refractivity contribution in [2.45, 2.75) is 97.9 Å². The fourth-order valence-corrected chi connectivity index (χ4v) is 3.68. The zero-order valence-corrected chi connectivity index (χ0v) is 20.8. The van der Waals surface area contributed by atoms with E-state index in [0.29, 0.717) is 25.4 Å². The molecule has 0 aliphatic carbocycles. The Morgan fingerprint density at radius 1 is 1.00 bits per heavy atom. The van der Waals surface area contributed by atoms with Crippen LogP contribution in [0.1, 0.15) is 74.7 Å². The van der Waals surface area contributed by atoms with Gasteiger partial charge < -0.3 is 19.3 Å². The predicted octanol–water partition coefficient (Wildman–Crippen LogP) is 5.01. The summed E-state index contributed by atoms with van der Waals surface area (Å²) in [6, 6.07) is 4.44. The summed E-state index contributed by atoms with van der Waals surface area (Å²) in [4.78, 5) is 27.0. The van der Waals surface area contributed by atoms with Crippen LogP contribution in [-0.4, -0.2) is 58.4 Å². The number of carbonyl (C=O) groups excluding carboxylic acids is 2. The zero-order valence-electron chi connectivity index (χ0n) is 20.8. The fourth-order valence-electron chi connectivity index (χ4n) is 3.68. The lowest BCUT2D eigenvalue weighted by atomic mass is 10.0. The van der Waals surface area contributed by atoms with E-state index in [4.69, 9.17) is 20.0 Å². The van der Waals surface area contributed by atoms with Crippen molar-refractivity contribution in [3.8, 4) is 12.1 Å². The van der Waals surface area contributed by atoms with Gasteiger partial charge in [0, 0.05) is 37.7 Å². The van der Waals surface area contributed by atoms with Gasteiger partial charge in [-0.1, -0.05) is 0 Å². The molecule has 0 aromatic carbocycles. The van der Waals surface area contributed by atoms with Crippen molar-refractivity contribution in [1.29, 1.82) is 10.5 Å². The van der Waals surface area contributed by atoms with Gasteiger partial charge in [-0.3, -0.25) is 0 Å². The highest BCUT2D eigenvalue weighted by Crippen LogP contribution is 2.27. The number of nitriles is 2. The van der Waals surface area contributed by atoms with Crippen molar-refractivity contribution in [3.05, 3.63) is 11.6 Å². The minimum atomic E-state index is -0.474. The molecule has 2 aliphatic rings. The van der Waals surface area contributed by atoms with Gasteiger partial charge in [0.1, 0.15) is 11.2 Å². The van der Waals surface area contributed by atoms with Gasteiger partial charge >= 0.3 is 12.2 Å². The minimum Gasteiger partial charge on any atom is -0.444 e. The van der Waals surface area contributed by atoms with Crippen LogP contribution >= 0.6 is 0 Å². The molecule has 2 aliphatic heterocycles. The number of amides is 2. The maximum atomic E-state index is 11.8. The van der Waals surface area contributed by atoms with Crippen molar-refractivity contribution in [3.63, 3.8) is 0 Å². The lowest BCUT2D eigenvalue weighted by molar-refractivity contribution is 0.0226. The van der Waals surface area contributed by atoms with Gasteiger partial charge in [0.15, 0.2) is 0 Å². The SMILES string of the molecule is C[C@H]1C/C(=C/C#N)CN1C(=O)OC(C)(C)C.C[C@H]1CC(CC#N)CN1C(=O)OC(C)(C)C. The summed E-state index contributed by atoms with van der Waals surface area (Å²) in [5.74, 6) is 0.299. The first-order chi connectivity index (χ1) is 14.7. The molecule has 8 heteroatoms. The van der Waals surface area contributed by atoms with E-state index in [1.165, 1.54) is 6.08 Å². The van der Waals surface area contributed by atoms with E-state index in [1.807, 2.05) is 61.5 Å². The van der Waals surface area contributed by atoms with Crippen molar-refractivity contribution < 1.29 is 19.1 Å². The first kappa shape index (κ1) is 27.3. The minimum absolute atomic E-state index is 0.106. The molecule has 0 aromatic rings. The summed E-state index contributed by atoms with van der Waals surface area (Å²) in [5, 5.41) is 17.2. The van der Waals surface area contributed by atoms with Crippen LogP contribution in [0, 0.1) is 28.6 Å². The third-order valence-corrected chi connectivity index (χ3v) is 5.03. The van der Waals surface area contributed by atoms with Crippen LogP contribution in [0.25, 0.3) is 0 Å². The van der Waals surface area contributed by atoms with E-state index in [0.717, 1.165) is 18.4 Å². The first-order valence-corrected chi connectivity index (χ1v) is 11.1. The van der Waals surface area contributed by atoms with Gasteiger partial charge in [-0.05, 0) is 79.7 Å². The Balaban J connectivity index is 0.000000320. The molecule has 2 rings (SSSR count). The average molecular weight is 447 g/mol. The van der Waals surface area contributed by atoms with Crippen LogP contribution in [0.5, 0.6) is 0 Å². The Morgan fingerprint density at radius 3 is 2.00 bits per heavy atom. The van der Waals surface area contributed by atoms with Gasteiger partial charge in [0.05, 0.1) is 12.1 Å². The number of ether oxygens (including phenoxy) is 2. The molecule has 0 spiro atoms. The maximum Gasteiger partial charge on any atom is 0.410 e. The molecule has 3 atom stereocenters. The highest BCUT2D eigenvalue weighted by atomic mass is 16.6. The molecule has 8 nitrogen and oxygen atoms in total. The van der Waals surface area contributed by atoms with Gasteiger partial charge in [-0.15, -0.1) is 0 Å². The standard InChI is InChI=1S/C12H20N2O2.C12H18N2O2/c2*1-9-7-10(5-6-13)8-14(9)11(15)16-12(2,3)4/h9-10H,5,7-8H2,1-4H3;5,9H,7-8H2,1-4H3/b;10-5-/t9-,10?;9-/m00/s1. The summed E-state index contributed by atoms with van der Waals surface area (Å²) >= 11 is 0. The number of nitrogens with zero attached hydrogens (tertiary/aromatic N) is 4. The number of hydrogen-bond acceptors (Lipinski definition) is 6. The second kappa shape index (κ2) is 11.2. The van der Waals surface area contributed by atoms with Crippen LogP contribution in [0.2, 0.25) is 0 Å². The van der Waals surface area contributed by atoms with E-state index in [2.05, 4.69) is 6.07 Å². The average Bonchev–Trinajstić information content (AvgIpc) is 3.16. The molecule has 2 saturated heterocycles. The van der Waals surface area contributed by atoms with Crippen LogP contribution in [0.3, 0.4) is 0 Å². The Labute approximate surface area is 192 Å². The van der Waals surface area contributed by atoms with Crippen molar-refractivity contribution in [2.24, 2.45) is 5.92 Å². The molecule has 0 bridgehead atoms. The van der Waals surface area contributed by atoms with Gasteiger partial charge in [0.25, 0.3) is 0 Å². The molecule has 2 heterocycles. The van der Waals surface area contributed by atoms with E-state index in [1.54, 1.807) is 9.80 Å².